The average Bonchev–Trinajstić information content (AvgIpc) is 2.96. The van der Waals surface area contributed by atoms with Crippen LogP contribution < -0.4 is 10.1 Å². The van der Waals surface area contributed by atoms with Crippen molar-refractivity contribution in [3.8, 4) is 5.75 Å². The molecule has 5 nitrogen and oxygen atoms in total. The van der Waals surface area contributed by atoms with Gasteiger partial charge in [0, 0.05) is 27.8 Å². The van der Waals surface area contributed by atoms with E-state index in [1.54, 1.807) is 24.3 Å². The Hall–Kier alpha value is -2.50. The molecule has 0 saturated heterocycles. The number of hydrogen-bond acceptors (Lipinski definition) is 3. The SMILES string of the molecule is O=C(Cc1c[nH]c2cc(Cl)ccc12)Nc1ccc(OCCO)cc1. The predicted molar refractivity (Wildman–Crippen MR) is 94.7 cm³/mol. The third-order valence-electron chi connectivity index (χ3n) is 3.58. The lowest BCUT2D eigenvalue weighted by molar-refractivity contribution is -0.115. The molecule has 6 heteroatoms. The number of ether oxygens (including phenoxy) is 1. The topological polar surface area (TPSA) is 74.4 Å². The first kappa shape index (κ1) is 16.4. The first-order valence-electron chi connectivity index (χ1n) is 7.55. The van der Waals surface area contributed by atoms with Crippen molar-refractivity contribution >= 4 is 34.1 Å². The van der Waals surface area contributed by atoms with E-state index in [4.69, 9.17) is 21.4 Å². The summed E-state index contributed by atoms with van der Waals surface area (Å²) in [5.41, 5.74) is 2.52. The van der Waals surface area contributed by atoms with Gasteiger partial charge in [0.25, 0.3) is 0 Å². The molecule has 0 spiro atoms. The van der Waals surface area contributed by atoms with Gasteiger partial charge in [0.2, 0.25) is 5.91 Å². The highest BCUT2D eigenvalue weighted by molar-refractivity contribution is 6.31. The molecule has 0 unspecified atom stereocenters. The molecule has 2 aromatic carbocycles. The number of fused-ring (bicyclic) bond motifs is 1. The van der Waals surface area contributed by atoms with Crippen molar-refractivity contribution in [2.75, 3.05) is 18.5 Å². The van der Waals surface area contributed by atoms with Crippen LogP contribution in [-0.4, -0.2) is 29.2 Å². The van der Waals surface area contributed by atoms with Crippen molar-refractivity contribution in [1.29, 1.82) is 0 Å². The summed E-state index contributed by atoms with van der Waals surface area (Å²) in [6.07, 6.45) is 2.09. The van der Waals surface area contributed by atoms with E-state index in [0.717, 1.165) is 16.5 Å². The first-order valence-corrected chi connectivity index (χ1v) is 7.92. The van der Waals surface area contributed by atoms with Gasteiger partial charge in [0.1, 0.15) is 12.4 Å². The molecule has 0 atom stereocenters. The van der Waals surface area contributed by atoms with Gasteiger partial charge < -0.3 is 20.1 Å². The number of hydrogen-bond donors (Lipinski definition) is 3. The van der Waals surface area contributed by atoms with Crippen LogP contribution in [0.1, 0.15) is 5.56 Å². The number of anilines is 1. The lowest BCUT2D eigenvalue weighted by atomic mass is 10.1. The maximum Gasteiger partial charge on any atom is 0.228 e. The molecular weight excluding hydrogens is 328 g/mol. The number of halogens is 1. The van der Waals surface area contributed by atoms with Gasteiger partial charge in [-0.1, -0.05) is 17.7 Å². The molecule has 24 heavy (non-hydrogen) atoms. The van der Waals surface area contributed by atoms with Crippen LogP contribution in [0.15, 0.2) is 48.7 Å². The maximum absolute atomic E-state index is 12.2. The van der Waals surface area contributed by atoms with Gasteiger partial charge in [-0.25, -0.2) is 0 Å². The van der Waals surface area contributed by atoms with Crippen LogP contribution in [0.5, 0.6) is 5.75 Å². The van der Waals surface area contributed by atoms with Gasteiger partial charge in [-0.15, -0.1) is 0 Å². The fourth-order valence-electron chi connectivity index (χ4n) is 2.48. The number of H-pyrrole nitrogens is 1. The third-order valence-corrected chi connectivity index (χ3v) is 3.81. The maximum atomic E-state index is 12.2. The molecule has 3 N–H and O–H groups in total. The molecule has 1 aromatic heterocycles. The number of aromatic amines is 1. The fourth-order valence-corrected chi connectivity index (χ4v) is 2.65. The Morgan fingerprint density at radius 2 is 2.00 bits per heavy atom. The fraction of sp³-hybridized carbons (Fsp3) is 0.167. The highest BCUT2D eigenvalue weighted by Crippen LogP contribution is 2.23. The lowest BCUT2D eigenvalue weighted by Crippen LogP contribution is -2.14. The average molecular weight is 345 g/mol. The van der Waals surface area contributed by atoms with Crippen molar-refractivity contribution in [1.82, 2.24) is 4.98 Å². The Kier molecular flexibility index (Phi) is 5.03. The number of nitrogens with one attached hydrogen (secondary N) is 2. The minimum absolute atomic E-state index is 0.0334. The van der Waals surface area contributed by atoms with E-state index in [-0.39, 0.29) is 25.5 Å². The molecular formula is C18H17ClN2O3. The van der Waals surface area contributed by atoms with Gasteiger partial charge in [-0.3, -0.25) is 4.79 Å². The number of carbonyl (C=O) groups excluding carboxylic acids is 1. The Morgan fingerprint density at radius 1 is 1.21 bits per heavy atom. The molecule has 124 valence electrons. The molecule has 3 rings (SSSR count). The molecule has 0 radical (unpaired) electrons. The molecule has 1 amide bonds. The summed E-state index contributed by atoms with van der Waals surface area (Å²) in [5, 5.41) is 13.2. The molecule has 0 bridgehead atoms. The van der Waals surface area contributed by atoms with Crippen molar-refractivity contribution < 1.29 is 14.6 Å². The summed E-state index contributed by atoms with van der Waals surface area (Å²) in [5.74, 6) is 0.547. The van der Waals surface area contributed by atoms with Crippen molar-refractivity contribution in [3.63, 3.8) is 0 Å². The smallest absolute Gasteiger partial charge is 0.228 e. The number of carbonyl (C=O) groups is 1. The summed E-state index contributed by atoms with van der Waals surface area (Å²) in [6.45, 7) is 0.213. The predicted octanol–water partition coefficient (Wildman–Crippen LogP) is 3.37. The molecule has 0 aliphatic heterocycles. The van der Waals surface area contributed by atoms with E-state index < -0.39 is 0 Å². The van der Waals surface area contributed by atoms with E-state index in [0.29, 0.717) is 16.5 Å². The van der Waals surface area contributed by atoms with Crippen LogP contribution in [-0.2, 0) is 11.2 Å². The largest absolute Gasteiger partial charge is 0.491 e. The number of benzene rings is 2. The van der Waals surface area contributed by atoms with Gasteiger partial charge in [0.15, 0.2) is 0 Å². The zero-order valence-electron chi connectivity index (χ0n) is 12.9. The summed E-state index contributed by atoms with van der Waals surface area (Å²) in [6, 6.07) is 12.6. The summed E-state index contributed by atoms with van der Waals surface area (Å²) in [4.78, 5) is 15.4. The Bertz CT molecular complexity index is 843. The molecule has 0 fully saturated rings. The number of aliphatic hydroxyl groups excluding tert-OH is 1. The quantitative estimate of drug-likeness (QED) is 0.641. The van der Waals surface area contributed by atoms with Crippen LogP contribution >= 0.6 is 11.6 Å². The van der Waals surface area contributed by atoms with Gasteiger partial charge in [-0.05, 0) is 42.0 Å². The van der Waals surface area contributed by atoms with Crippen molar-refractivity contribution in [2.24, 2.45) is 0 Å². The van der Waals surface area contributed by atoms with Gasteiger partial charge >= 0.3 is 0 Å². The summed E-state index contributed by atoms with van der Waals surface area (Å²) >= 11 is 5.96. The number of amides is 1. The van der Waals surface area contributed by atoms with E-state index in [1.807, 2.05) is 24.4 Å². The summed E-state index contributed by atoms with van der Waals surface area (Å²) < 4.78 is 5.28. The van der Waals surface area contributed by atoms with Gasteiger partial charge in [-0.2, -0.15) is 0 Å². The van der Waals surface area contributed by atoms with Crippen LogP contribution in [0.25, 0.3) is 10.9 Å². The third kappa shape index (κ3) is 3.88. The summed E-state index contributed by atoms with van der Waals surface area (Å²) in [7, 11) is 0. The zero-order valence-corrected chi connectivity index (χ0v) is 13.6. The second kappa shape index (κ2) is 7.38. The number of rotatable bonds is 6. The molecule has 0 aliphatic rings. The normalized spacial score (nSPS) is 10.8. The van der Waals surface area contributed by atoms with E-state index in [2.05, 4.69) is 10.3 Å². The van der Waals surface area contributed by atoms with Gasteiger partial charge in [0.05, 0.1) is 13.0 Å². The minimum Gasteiger partial charge on any atom is -0.491 e. The standard InChI is InChI=1S/C18H17ClN2O3/c19-13-1-6-16-12(11-20-17(16)10-13)9-18(23)21-14-2-4-15(5-3-14)24-8-7-22/h1-6,10-11,20,22H,7-9H2,(H,21,23). The first-order chi connectivity index (χ1) is 11.7. The van der Waals surface area contributed by atoms with Crippen LogP contribution in [0.4, 0.5) is 5.69 Å². The highest BCUT2D eigenvalue weighted by atomic mass is 35.5. The molecule has 0 saturated carbocycles. The molecule has 3 aromatic rings. The molecule has 1 heterocycles. The lowest BCUT2D eigenvalue weighted by Gasteiger charge is -2.07. The minimum atomic E-state index is -0.102. The zero-order chi connectivity index (χ0) is 16.9. The second-order valence-electron chi connectivity index (χ2n) is 5.33. The van der Waals surface area contributed by atoms with E-state index >= 15 is 0 Å². The second-order valence-corrected chi connectivity index (χ2v) is 5.76. The number of aliphatic hydroxyl groups is 1. The van der Waals surface area contributed by atoms with Crippen molar-refractivity contribution in [3.05, 3.63) is 59.2 Å². The van der Waals surface area contributed by atoms with E-state index in [1.165, 1.54) is 0 Å². The van der Waals surface area contributed by atoms with Crippen LogP contribution in [0.2, 0.25) is 5.02 Å². The monoisotopic (exact) mass is 344 g/mol. The Morgan fingerprint density at radius 3 is 2.75 bits per heavy atom. The van der Waals surface area contributed by atoms with Crippen LogP contribution in [0, 0.1) is 0 Å². The Balaban J connectivity index is 1.64. The van der Waals surface area contributed by atoms with Crippen LogP contribution in [0.3, 0.4) is 0 Å². The van der Waals surface area contributed by atoms with E-state index in [9.17, 15) is 4.79 Å². The van der Waals surface area contributed by atoms with Crippen molar-refractivity contribution in [2.45, 2.75) is 6.42 Å². The highest BCUT2D eigenvalue weighted by Gasteiger charge is 2.09. The Labute approximate surface area is 144 Å². The molecule has 0 aliphatic carbocycles. The number of aromatic nitrogens is 1.